The van der Waals surface area contributed by atoms with Crippen molar-refractivity contribution in [3.8, 4) is 11.7 Å². The number of rotatable bonds is 12. The highest BCUT2D eigenvalue weighted by Gasteiger charge is 2.19. The Kier molecular flexibility index (Phi) is 9.33. The van der Waals surface area contributed by atoms with Crippen LogP contribution in [0.3, 0.4) is 0 Å². The van der Waals surface area contributed by atoms with Gasteiger partial charge in [0.05, 0.1) is 7.11 Å². The number of ether oxygens (including phenoxy) is 1. The molecule has 5 N–H and O–H groups in total. The van der Waals surface area contributed by atoms with Gasteiger partial charge < -0.3 is 21.1 Å². The number of nitro groups is 1. The first-order chi connectivity index (χ1) is 17.3. The minimum atomic E-state index is -0.799. The fraction of sp³-hybridized carbons (Fsp3) is 0.286. The van der Waals surface area contributed by atoms with Gasteiger partial charge in [-0.2, -0.15) is 4.98 Å². The summed E-state index contributed by atoms with van der Waals surface area (Å²) in [6, 6.07) is 8.09. The van der Waals surface area contributed by atoms with Gasteiger partial charge in [-0.05, 0) is 30.5 Å². The third-order valence-electron chi connectivity index (χ3n) is 4.82. The SMILES string of the molecule is COc1ccc(CNC(=O)C(CCCN=C(N)N[N+](=O)[O-])Nc2cc(Cl)nc(-n3ccnc3)n2)cc1. The van der Waals surface area contributed by atoms with E-state index in [2.05, 4.69) is 30.6 Å². The second-order valence-electron chi connectivity index (χ2n) is 7.39. The maximum absolute atomic E-state index is 13.1. The minimum Gasteiger partial charge on any atom is -0.497 e. The first-order valence-corrected chi connectivity index (χ1v) is 11.1. The van der Waals surface area contributed by atoms with Gasteiger partial charge in [0.1, 0.15) is 29.1 Å². The summed E-state index contributed by atoms with van der Waals surface area (Å²) in [6.45, 7) is 0.463. The van der Waals surface area contributed by atoms with Gasteiger partial charge >= 0.3 is 0 Å². The average molecular weight is 517 g/mol. The number of amides is 1. The molecule has 0 spiro atoms. The number of methoxy groups -OCH3 is 1. The van der Waals surface area contributed by atoms with Crippen LogP contribution in [0.5, 0.6) is 5.75 Å². The number of hydrogen-bond acceptors (Lipinski definition) is 9. The van der Waals surface area contributed by atoms with Gasteiger partial charge in [-0.15, -0.1) is 0 Å². The molecule has 0 fully saturated rings. The lowest BCUT2D eigenvalue weighted by molar-refractivity contribution is -0.525. The second-order valence-corrected chi connectivity index (χ2v) is 7.77. The van der Waals surface area contributed by atoms with E-state index in [0.717, 1.165) is 5.56 Å². The first-order valence-electron chi connectivity index (χ1n) is 10.7. The summed E-state index contributed by atoms with van der Waals surface area (Å²) in [5, 5.41) is 15.8. The molecule has 1 amide bonds. The van der Waals surface area contributed by atoms with E-state index >= 15 is 0 Å². The molecule has 3 rings (SSSR count). The Labute approximate surface area is 211 Å². The average Bonchev–Trinajstić information content (AvgIpc) is 3.39. The molecule has 0 bridgehead atoms. The highest BCUT2D eigenvalue weighted by molar-refractivity contribution is 6.29. The first kappa shape index (κ1) is 26.2. The van der Waals surface area contributed by atoms with Crippen LogP contribution in [0.1, 0.15) is 18.4 Å². The molecular weight excluding hydrogens is 492 g/mol. The molecule has 1 atom stereocenters. The maximum Gasteiger partial charge on any atom is 0.251 e. The highest BCUT2D eigenvalue weighted by atomic mass is 35.5. The predicted octanol–water partition coefficient (Wildman–Crippen LogP) is 1.30. The van der Waals surface area contributed by atoms with Crippen LogP contribution in [0.15, 0.2) is 54.0 Å². The number of nitrogens with two attached hydrogens (primary N) is 1. The van der Waals surface area contributed by atoms with Crippen molar-refractivity contribution in [3.63, 3.8) is 0 Å². The largest absolute Gasteiger partial charge is 0.497 e. The maximum atomic E-state index is 13.1. The van der Waals surface area contributed by atoms with E-state index in [9.17, 15) is 14.9 Å². The zero-order chi connectivity index (χ0) is 25.9. The molecule has 36 heavy (non-hydrogen) atoms. The summed E-state index contributed by atoms with van der Waals surface area (Å²) >= 11 is 6.17. The molecule has 1 aromatic carbocycles. The second kappa shape index (κ2) is 12.9. The molecular formula is C21H25ClN10O4. The Morgan fingerprint density at radius 3 is 2.78 bits per heavy atom. The van der Waals surface area contributed by atoms with Crippen LogP contribution in [0, 0.1) is 10.1 Å². The third-order valence-corrected chi connectivity index (χ3v) is 5.02. The number of halogens is 1. The van der Waals surface area contributed by atoms with E-state index < -0.39 is 11.1 Å². The van der Waals surface area contributed by atoms with Crippen LogP contribution in [-0.2, 0) is 11.3 Å². The number of nitrogens with one attached hydrogen (secondary N) is 3. The molecule has 2 aromatic heterocycles. The highest BCUT2D eigenvalue weighted by Crippen LogP contribution is 2.17. The fourth-order valence-corrected chi connectivity index (χ4v) is 3.28. The van der Waals surface area contributed by atoms with Crippen molar-refractivity contribution in [2.45, 2.75) is 25.4 Å². The number of imidazole rings is 1. The number of carbonyl (C=O) groups excluding carboxylic acids is 1. The Hall–Kier alpha value is -4.46. The summed E-state index contributed by atoms with van der Waals surface area (Å²) < 4.78 is 6.73. The number of carbonyl (C=O) groups is 1. The quantitative estimate of drug-likeness (QED) is 0.0681. The topological polar surface area (TPSA) is 188 Å². The van der Waals surface area contributed by atoms with E-state index in [1.165, 1.54) is 12.4 Å². The van der Waals surface area contributed by atoms with Gasteiger partial charge in [-0.25, -0.2) is 25.1 Å². The summed E-state index contributed by atoms with van der Waals surface area (Å²) in [7, 11) is 1.58. The van der Waals surface area contributed by atoms with E-state index in [1.807, 2.05) is 12.1 Å². The molecule has 1 unspecified atom stereocenters. The lowest BCUT2D eigenvalue weighted by Gasteiger charge is -2.19. The predicted molar refractivity (Wildman–Crippen MR) is 132 cm³/mol. The van der Waals surface area contributed by atoms with Crippen LogP contribution in [0.4, 0.5) is 5.82 Å². The fourth-order valence-electron chi connectivity index (χ4n) is 3.10. The van der Waals surface area contributed by atoms with Crippen molar-refractivity contribution >= 4 is 29.3 Å². The normalized spacial score (nSPS) is 12.0. The van der Waals surface area contributed by atoms with Crippen LogP contribution < -0.4 is 26.5 Å². The summed E-state index contributed by atoms with van der Waals surface area (Å²) in [6.07, 6.45) is 5.49. The van der Waals surface area contributed by atoms with Crippen LogP contribution in [0.2, 0.25) is 5.15 Å². The number of aromatic nitrogens is 4. The number of hydrogen-bond donors (Lipinski definition) is 4. The number of benzene rings is 1. The van der Waals surface area contributed by atoms with Crippen molar-refractivity contribution in [1.29, 1.82) is 0 Å². The molecule has 0 radical (unpaired) electrons. The Balaban J connectivity index is 1.70. The number of anilines is 1. The summed E-state index contributed by atoms with van der Waals surface area (Å²) in [5.74, 6) is 0.723. The zero-order valence-electron chi connectivity index (χ0n) is 19.3. The van der Waals surface area contributed by atoms with Crippen molar-refractivity contribution in [3.05, 3.63) is 69.9 Å². The van der Waals surface area contributed by atoms with E-state index in [0.29, 0.717) is 31.0 Å². The molecule has 0 saturated heterocycles. The number of nitrogens with zero attached hydrogens (tertiary/aromatic N) is 6. The van der Waals surface area contributed by atoms with Gasteiger partial charge in [0.2, 0.25) is 11.9 Å². The standard InChI is InChI=1S/C21H25ClN10O4/c1-36-15-6-4-14(5-7-15)12-26-19(33)16(3-2-8-25-20(23)30-32(34)35)27-18-11-17(22)28-21(29-18)31-10-9-24-13-31/h4-7,9-11,13,16H,2-3,8,12H2,1H3,(H,26,33)(H3,23,25,30)(H,27,28,29). The molecule has 15 heteroatoms. The van der Waals surface area contributed by atoms with E-state index in [4.69, 9.17) is 22.1 Å². The zero-order valence-corrected chi connectivity index (χ0v) is 20.1. The van der Waals surface area contributed by atoms with Crippen molar-refractivity contribution < 1.29 is 14.6 Å². The summed E-state index contributed by atoms with van der Waals surface area (Å²) in [4.78, 5) is 40.0. The van der Waals surface area contributed by atoms with Gasteiger partial charge in [-0.3, -0.25) is 9.36 Å². The molecule has 2 heterocycles. The molecule has 3 aromatic rings. The van der Waals surface area contributed by atoms with Gasteiger partial charge in [-0.1, -0.05) is 29.2 Å². The Morgan fingerprint density at radius 1 is 1.33 bits per heavy atom. The number of guanidine groups is 1. The minimum absolute atomic E-state index is 0.168. The lowest BCUT2D eigenvalue weighted by Crippen LogP contribution is -2.40. The summed E-state index contributed by atoms with van der Waals surface area (Å²) in [5.41, 5.74) is 8.10. The van der Waals surface area contributed by atoms with Crippen molar-refractivity contribution in [2.24, 2.45) is 10.7 Å². The number of aliphatic imine (C=N–C) groups is 1. The van der Waals surface area contributed by atoms with E-state index in [1.54, 1.807) is 41.6 Å². The molecule has 0 saturated carbocycles. The lowest BCUT2D eigenvalue weighted by atomic mass is 10.1. The Bertz CT molecular complexity index is 1190. The monoisotopic (exact) mass is 516 g/mol. The van der Waals surface area contributed by atoms with Crippen LogP contribution >= 0.6 is 11.6 Å². The third kappa shape index (κ3) is 8.09. The van der Waals surface area contributed by atoms with Crippen LogP contribution in [-0.4, -0.2) is 56.1 Å². The van der Waals surface area contributed by atoms with E-state index in [-0.39, 0.29) is 29.5 Å². The number of hydrazine groups is 1. The molecule has 0 aliphatic heterocycles. The molecule has 190 valence electrons. The molecule has 0 aliphatic rings. The van der Waals surface area contributed by atoms with Crippen molar-refractivity contribution in [1.82, 2.24) is 30.3 Å². The molecule has 0 aliphatic carbocycles. The van der Waals surface area contributed by atoms with Gasteiger partial charge in [0.25, 0.3) is 5.96 Å². The smallest absolute Gasteiger partial charge is 0.251 e. The van der Waals surface area contributed by atoms with Crippen LogP contribution in [0.25, 0.3) is 5.95 Å². The Morgan fingerprint density at radius 2 is 2.11 bits per heavy atom. The van der Waals surface area contributed by atoms with Gasteiger partial charge in [0.15, 0.2) is 5.03 Å². The van der Waals surface area contributed by atoms with Gasteiger partial charge in [0, 0.05) is 31.5 Å². The molecule has 14 nitrogen and oxygen atoms in total. The van der Waals surface area contributed by atoms with Crippen molar-refractivity contribution in [2.75, 3.05) is 19.0 Å².